The van der Waals surface area contributed by atoms with Gasteiger partial charge in [-0.1, -0.05) is 19.9 Å². The second-order valence-electron chi connectivity index (χ2n) is 6.12. The molecule has 0 aromatic carbocycles. The zero-order valence-corrected chi connectivity index (χ0v) is 11.2. The van der Waals surface area contributed by atoms with E-state index in [0.717, 1.165) is 12.5 Å². The van der Waals surface area contributed by atoms with Crippen molar-refractivity contribution in [2.75, 3.05) is 13.6 Å². The molecule has 0 saturated heterocycles. The summed E-state index contributed by atoms with van der Waals surface area (Å²) >= 11 is 0. The highest BCUT2D eigenvalue weighted by molar-refractivity contribution is 5.17. The molecule has 1 aromatic rings. The average Bonchev–Trinajstić information content (AvgIpc) is 2.32. The number of nitrogens with zero attached hydrogens (tertiary/aromatic N) is 1. The Balaban J connectivity index is 2.19. The van der Waals surface area contributed by atoms with Gasteiger partial charge in [-0.15, -0.1) is 0 Å². The molecule has 1 N–H and O–H groups in total. The van der Waals surface area contributed by atoms with Crippen LogP contribution in [-0.4, -0.2) is 18.6 Å². The van der Waals surface area contributed by atoms with Crippen LogP contribution in [-0.2, 0) is 0 Å². The number of pyridine rings is 1. The van der Waals surface area contributed by atoms with Crippen LogP contribution >= 0.6 is 0 Å². The lowest BCUT2D eigenvalue weighted by atomic mass is 9.65. The van der Waals surface area contributed by atoms with Crippen LogP contribution in [0.3, 0.4) is 0 Å². The summed E-state index contributed by atoms with van der Waals surface area (Å²) in [6.07, 6.45) is 7.87. The fourth-order valence-corrected chi connectivity index (χ4v) is 3.13. The molecule has 2 unspecified atom stereocenters. The Morgan fingerprint density at radius 2 is 2.29 bits per heavy atom. The van der Waals surface area contributed by atoms with Crippen LogP contribution in [0.4, 0.5) is 0 Å². The largest absolute Gasteiger partial charge is 0.319 e. The third-order valence-corrected chi connectivity index (χ3v) is 4.11. The van der Waals surface area contributed by atoms with Crippen molar-refractivity contribution in [3.8, 4) is 0 Å². The second-order valence-corrected chi connectivity index (χ2v) is 6.12. The highest BCUT2D eigenvalue weighted by Crippen LogP contribution is 2.46. The first-order valence-electron chi connectivity index (χ1n) is 6.67. The molecule has 2 atom stereocenters. The van der Waals surface area contributed by atoms with Crippen LogP contribution in [0.15, 0.2) is 24.5 Å². The number of aromatic nitrogens is 1. The summed E-state index contributed by atoms with van der Waals surface area (Å²) in [5.74, 6) is 1.43. The molecular weight excluding hydrogens is 208 g/mol. The normalized spacial score (nSPS) is 27.9. The minimum atomic E-state index is 0.477. The Kier molecular flexibility index (Phi) is 3.82. The maximum atomic E-state index is 4.28. The van der Waals surface area contributed by atoms with Gasteiger partial charge in [0.15, 0.2) is 0 Å². The number of hydrogen-bond acceptors (Lipinski definition) is 2. The van der Waals surface area contributed by atoms with Crippen molar-refractivity contribution in [3.63, 3.8) is 0 Å². The summed E-state index contributed by atoms with van der Waals surface area (Å²) < 4.78 is 0. The third-order valence-electron chi connectivity index (χ3n) is 4.11. The zero-order valence-electron chi connectivity index (χ0n) is 11.2. The molecule has 17 heavy (non-hydrogen) atoms. The molecule has 1 aromatic heterocycles. The number of rotatable bonds is 3. The van der Waals surface area contributed by atoms with E-state index in [1.807, 2.05) is 6.20 Å². The van der Waals surface area contributed by atoms with Crippen molar-refractivity contribution in [1.29, 1.82) is 0 Å². The smallest absolute Gasteiger partial charge is 0.0302 e. The lowest BCUT2D eigenvalue weighted by molar-refractivity contribution is 0.161. The van der Waals surface area contributed by atoms with E-state index in [2.05, 4.69) is 49.5 Å². The van der Waals surface area contributed by atoms with Crippen LogP contribution in [0.5, 0.6) is 0 Å². The van der Waals surface area contributed by atoms with Crippen molar-refractivity contribution in [2.45, 2.75) is 39.0 Å². The van der Waals surface area contributed by atoms with Gasteiger partial charge in [-0.3, -0.25) is 4.98 Å². The van der Waals surface area contributed by atoms with Gasteiger partial charge in [0.05, 0.1) is 0 Å². The van der Waals surface area contributed by atoms with Crippen molar-refractivity contribution in [2.24, 2.45) is 11.3 Å². The van der Waals surface area contributed by atoms with Crippen LogP contribution in [0.2, 0.25) is 0 Å². The molecule has 1 aliphatic rings. The molecule has 0 aliphatic heterocycles. The van der Waals surface area contributed by atoms with E-state index >= 15 is 0 Å². The minimum absolute atomic E-state index is 0.477. The zero-order chi connectivity index (χ0) is 12.3. The highest BCUT2D eigenvalue weighted by atomic mass is 14.8. The molecule has 1 fully saturated rings. The van der Waals surface area contributed by atoms with Gasteiger partial charge in [-0.25, -0.2) is 0 Å². The first-order valence-corrected chi connectivity index (χ1v) is 6.67. The lowest BCUT2D eigenvalue weighted by Gasteiger charge is -2.41. The summed E-state index contributed by atoms with van der Waals surface area (Å²) in [4.78, 5) is 4.28. The lowest BCUT2D eigenvalue weighted by Crippen LogP contribution is -2.33. The van der Waals surface area contributed by atoms with Gasteiger partial charge < -0.3 is 5.32 Å². The minimum Gasteiger partial charge on any atom is -0.319 e. The first kappa shape index (κ1) is 12.6. The highest BCUT2D eigenvalue weighted by Gasteiger charge is 2.35. The average molecular weight is 232 g/mol. The molecule has 0 spiro atoms. The molecule has 1 aliphatic carbocycles. The quantitative estimate of drug-likeness (QED) is 0.865. The summed E-state index contributed by atoms with van der Waals surface area (Å²) in [6, 6.07) is 4.30. The molecule has 0 amide bonds. The number of hydrogen-bond donors (Lipinski definition) is 1. The van der Waals surface area contributed by atoms with E-state index in [9.17, 15) is 0 Å². The standard InChI is InChI=1S/C15H24N2/c1-15(2)7-6-13(10-16-3)14(9-15)12-5-4-8-17-11-12/h4-5,8,11,13-14,16H,6-7,9-10H2,1-3H3. The molecule has 1 saturated carbocycles. The predicted octanol–water partition coefficient (Wildman–Crippen LogP) is 3.21. The third kappa shape index (κ3) is 3.06. The summed E-state index contributed by atoms with van der Waals surface area (Å²) in [7, 11) is 2.06. The monoisotopic (exact) mass is 232 g/mol. The van der Waals surface area contributed by atoms with Gasteiger partial charge in [-0.2, -0.15) is 0 Å². The van der Waals surface area contributed by atoms with E-state index in [1.165, 1.54) is 24.8 Å². The summed E-state index contributed by atoms with van der Waals surface area (Å²) in [5.41, 5.74) is 1.89. The van der Waals surface area contributed by atoms with Gasteiger partial charge in [0, 0.05) is 12.4 Å². The van der Waals surface area contributed by atoms with Crippen molar-refractivity contribution in [3.05, 3.63) is 30.1 Å². The summed E-state index contributed by atoms with van der Waals surface area (Å²) in [6.45, 7) is 5.91. The molecular formula is C15H24N2. The Morgan fingerprint density at radius 1 is 1.47 bits per heavy atom. The SMILES string of the molecule is CNCC1CCC(C)(C)CC1c1cccnc1. The Morgan fingerprint density at radius 3 is 2.94 bits per heavy atom. The number of nitrogens with one attached hydrogen (secondary N) is 1. The molecule has 2 heteroatoms. The predicted molar refractivity (Wildman–Crippen MR) is 72.0 cm³/mol. The van der Waals surface area contributed by atoms with Crippen molar-refractivity contribution in [1.82, 2.24) is 10.3 Å². The van der Waals surface area contributed by atoms with E-state index in [4.69, 9.17) is 0 Å². The Labute approximate surface area is 105 Å². The van der Waals surface area contributed by atoms with Gasteiger partial charge in [0.25, 0.3) is 0 Å². The molecule has 94 valence electrons. The van der Waals surface area contributed by atoms with Crippen LogP contribution in [0.25, 0.3) is 0 Å². The van der Waals surface area contributed by atoms with Crippen molar-refractivity contribution >= 4 is 0 Å². The fourth-order valence-electron chi connectivity index (χ4n) is 3.13. The maximum Gasteiger partial charge on any atom is 0.0302 e. The Hall–Kier alpha value is -0.890. The second kappa shape index (κ2) is 5.18. The first-order chi connectivity index (χ1) is 8.12. The van der Waals surface area contributed by atoms with Crippen LogP contribution in [0.1, 0.15) is 44.6 Å². The molecule has 2 nitrogen and oxygen atoms in total. The van der Waals surface area contributed by atoms with E-state index in [-0.39, 0.29) is 0 Å². The van der Waals surface area contributed by atoms with Gasteiger partial charge >= 0.3 is 0 Å². The van der Waals surface area contributed by atoms with Crippen LogP contribution < -0.4 is 5.32 Å². The summed E-state index contributed by atoms with van der Waals surface area (Å²) in [5, 5.41) is 3.34. The molecule has 0 bridgehead atoms. The van der Waals surface area contributed by atoms with E-state index in [0.29, 0.717) is 11.3 Å². The molecule has 2 rings (SSSR count). The Bertz CT molecular complexity index is 345. The van der Waals surface area contributed by atoms with Gasteiger partial charge in [-0.05, 0) is 61.7 Å². The topological polar surface area (TPSA) is 24.9 Å². The van der Waals surface area contributed by atoms with Gasteiger partial charge in [0.1, 0.15) is 0 Å². The maximum absolute atomic E-state index is 4.28. The van der Waals surface area contributed by atoms with Gasteiger partial charge in [0.2, 0.25) is 0 Å². The molecule has 0 radical (unpaired) electrons. The molecule has 1 heterocycles. The fraction of sp³-hybridized carbons (Fsp3) is 0.667. The van der Waals surface area contributed by atoms with E-state index in [1.54, 1.807) is 0 Å². The van der Waals surface area contributed by atoms with Crippen LogP contribution in [0, 0.1) is 11.3 Å². The van der Waals surface area contributed by atoms with E-state index < -0.39 is 0 Å². The van der Waals surface area contributed by atoms with Crippen molar-refractivity contribution < 1.29 is 0 Å².